The van der Waals surface area contributed by atoms with Crippen LogP contribution < -0.4 is 4.74 Å². The number of ether oxygens (including phenoxy) is 1. The van der Waals surface area contributed by atoms with Gasteiger partial charge in [-0.3, -0.25) is 4.79 Å². The molecule has 1 heterocycles. The van der Waals surface area contributed by atoms with Crippen LogP contribution in [0.25, 0.3) is 10.9 Å². The van der Waals surface area contributed by atoms with E-state index in [9.17, 15) is 4.79 Å². The SMILES string of the molecule is CC.CCn1cc(C=O)c2ccc(OC)cc21. The number of hydrogen-bond donors (Lipinski definition) is 0. The van der Waals surface area contributed by atoms with Gasteiger partial charge in [0.1, 0.15) is 5.75 Å². The third-order valence-electron chi connectivity index (χ3n) is 2.59. The van der Waals surface area contributed by atoms with E-state index in [1.54, 1.807) is 7.11 Å². The fraction of sp³-hybridized carbons (Fsp3) is 0.357. The summed E-state index contributed by atoms with van der Waals surface area (Å²) in [6, 6.07) is 5.74. The summed E-state index contributed by atoms with van der Waals surface area (Å²) >= 11 is 0. The highest BCUT2D eigenvalue weighted by Crippen LogP contribution is 2.24. The van der Waals surface area contributed by atoms with Gasteiger partial charge in [0.25, 0.3) is 0 Å². The zero-order valence-corrected chi connectivity index (χ0v) is 10.9. The van der Waals surface area contributed by atoms with E-state index >= 15 is 0 Å². The molecule has 0 atom stereocenters. The van der Waals surface area contributed by atoms with Gasteiger partial charge in [-0.2, -0.15) is 0 Å². The molecule has 0 saturated carbocycles. The van der Waals surface area contributed by atoms with Crippen LogP contribution in [-0.2, 0) is 6.54 Å². The lowest BCUT2D eigenvalue weighted by molar-refractivity contribution is 0.112. The first-order valence-electron chi connectivity index (χ1n) is 5.92. The van der Waals surface area contributed by atoms with Gasteiger partial charge in [-0.1, -0.05) is 13.8 Å². The van der Waals surface area contributed by atoms with Crippen LogP contribution in [0, 0.1) is 0 Å². The highest BCUT2D eigenvalue weighted by molar-refractivity contribution is 5.98. The molecule has 0 radical (unpaired) electrons. The van der Waals surface area contributed by atoms with Crippen LogP contribution >= 0.6 is 0 Å². The van der Waals surface area contributed by atoms with E-state index in [-0.39, 0.29) is 0 Å². The lowest BCUT2D eigenvalue weighted by Gasteiger charge is -2.02. The molecule has 3 heteroatoms. The van der Waals surface area contributed by atoms with Crippen molar-refractivity contribution in [2.24, 2.45) is 0 Å². The lowest BCUT2D eigenvalue weighted by Crippen LogP contribution is -1.91. The van der Waals surface area contributed by atoms with E-state index in [0.717, 1.165) is 35.0 Å². The molecule has 0 saturated heterocycles. The molecule has 0 aliphatic carbocycles. The maximum Gasteiger partial charge on any atom is 0.152 e. The Labute approximate surface area is 102 Å². The molecule has 17 heavy (non-hydrogen) atoms. The Morgan fingerprint density at radius 3 is 2.59 bits per heavy atom. The van der Waals surface area contributed by atoms with E-state index in [4.69, 9.17) is 4.74 Å². The Bertz CT molecular complexity index is 500. The molecular weight excluding hydrogens is 214 g/mol. The Morgan fingerprint density at radius 1 is 1.35 bits per heavy atom. The molecule has 0 bridgehead atoms. The van der Waals surface area contributed by atoms with Crippen LogP contribution in [0.1, 0.15) is 31.1 Å². The van der Waals surface area contributed by atoms with Gasteiger partial charge >= 0.3 is 0 Å². The third-order valence-corrected chi connectivity index (χ3v) is 2.59. The molecule has 3 nitrogen and oxygen atoms in total. The van der Waals surface area contributed by atoms with Gasteiger partial charge in [-0.15, -0.1) is 0 Å². The third kappa shape index (κ3) is 2.49. The van der Waals surface area contributed by atoms with Crippen molar-refractivity contribution in [1.82, 2.24) is 4.57 Å². The molecule has 0 aliphatic rings. The molecule has 0 fully saturated rings. The van der Waals surface area contributed by atoms with Crippen LogP contribution in [0.4, 0.5) is 0 Å². The molecular formula is C14H19NO2. The van der Waals surface area contributed by atoms with Crippen molar-refractivity contribution in [2.75, 3.05) is 7.11 Å². The topological polar surface area (TPSA) is 31.2 Å². The summed E-state index contributed by atoms with van der Waals surface area (Å²) < 4.78 is 7.21. The second kappa shape index (κ2) is 6.09. The predicted molar refractivity (Wildman–Crippen MR) is 70.9 cm³/mol. The number of rotatable bonds is 3. The first kappa shape index (κ1) is 13.3. The first-order chi connectivity index (χ1) is 8.30. The molecule has 92 valence electrons. The van der Waals surface area contributed by atoms with Crippen LogP contribution in [0.15, 0.2) is 24.4 Å². The molecule has 1 aromatic carbocycles. The van der Waals surface area contributed by atoms with Crippen molar-refractivity contribution in [3.8, 4) is 5.75 Å². The molecule has 2 rings (SSSR count). The van der Waals surface area contributed by atoms with E-state index < -0.39 is 0 Å². The smallest absolute Gasteiger partial charge is 0.152 e. The van der Waals surface area contributed by atoms with Gasteiger partial charge in [-0.25, -0.2) is 0 Å². The molecule has 1 aromatic heterocycles. The largest absolute Gasteiger partial charge is 0.497 e. The fourth-order valence-corrected chi connectivity index (χ4v) is 1.78. The second-order valence-corrected chi connectivity index (χ2v) is 3.37. The summed E-state index contributed by atoms with van der Waals surface area (Å²) in [4.78, 5) is 10.9. The monoisotopic (exact) mass is 233 g/mol. The van der Waals surface area contributed by atoms with Crippen LogP contribution in [0.5, 0.6) is 5.75 Å². The first-order valence-corrected chi connectivity index (χ1v) is 5.92. The number of aryl methyl sites for hydroxylation is 1. The second-order valence-electron chi connectivity index (χ2n) is 3.37. The molecule has 0 spiro atoms. The summed E-state index contributed by atoms with van der Waals surface area (Å²) in [5.41, 5.74) is 1.77. The normalized spacial score (nSPS) is 9.65. The van der Waals surface area contributed by atoms with Gasteiger partial charge in [0.05, 0.1) is 12.6 Å². The minimum absolute atomic E-state index is 0.731. The number of fused-ring (bicyclic) bond motifs is 1. The Balaban J connectivity index is 0.000000686. The van der Waals surface area contributed by atoms with E-state index in [1.807, 2.05) is 49.7 Å². The van der Waals surface area contributed by atoms with Gasteiger partial charge in [-0.05, 0) is 19.1 Å². The van der Waals surface area contributed by atoms with Gasteiger partial charge in [0, 0.05) is 29.8 Å². The number of methoxy groups -OCH3 is 1. The molecule has 0 unspecified atom stereocenters. The summed E-state index contributed by atoms with van der Waals surface area (Å²) in [7, 11) is 1.64. The summed E-state index contributed by atoms with van der Waals surface area (Å²) in [6.07, 6.45) is 2.76. The quantitative estimate of drug-likeness (QED) is 0.760. The van der Waals surface area contributed by atoms with Crippen molar-refractivity contribution in [2.45, 2.75) is 27.3 Å². The highest BCUT2D eigenvalue weighted by atomic mass is 16.5. The summed E-state index contributed by atoms with van der Waals surface area (Å²) in [6.45, 7) is 6.89. The van der Waals surface area contributed by atoms with Crippen molar-refractivity contribution < 1.29 is 9.53 Å². The van der Waals surface area contributed by atoms with Gasteiger partial charge in [0.2, 0.25) is 0 Å². The standard InChI is InChI=1S/C12H13NO2.C2H6/c1-3-13-7-9(8-14)11-5-4-10(15-2)6-12(11)13;1-2/h4-8H,3H2,1-2H3;1-2H3. The van der Waals surface area contributed by atoms with Crippen LogP contribution in [0.3, 0.4) is 0 Å². The van der Waals surface area contributed by atoms with E-state index in [1.165, 1.54) is 0 Å². The van der Waals surface area contributed by atoms with Gasteiger partial charge < -0.3 is 9.30 Å². The highest BCUT2D eigenvalue weighted by Gasteiger charge is 2.07. The van der Waals surface area contributed by atoms with Gasteiger partial charge in [0.15, 0.2) is 6.29 Å². The lowest BCUT2D eigenvalue weighted by atomic mass is 10.2. The number of carbonyl (C=O) groups is 1. The van der Waals surface area contributed by atoms with Crippen molar-refractivity contribution in [3.05, 3.63) is 30.0 Å². The van der Waals surface area contributed by atoms with Crippen molar-refractivity contribution in [1.29, 1.82) is 0 Å². The average molecular weight is 233 g/mol. The van der Waals surface area contributed by atoms with Crippen LogP contribution in [0.2, 0.25) is 0 Å². The molecule has 0 aliphatic heterocycles. The maximum atomic E-state index is 10.9. The maximum absolute atomic E-state index is 10.9. The van der Waals surface area contributed by atoms with E-state index in [2.05, 4.69) is 0 Å². The Hall–Kier alpha value is -1.77. The Kier molecular flexibility index (Phi) is 4.76. The zero-order chi connectivity index (χ0) is 12.8. The van der Waals surface area contributed by atoms with Crippen molar-refractivity contribution in [3.63, 3.8) is 0 Å². The summed E-state index contributed by atoms with van der Waals surface area (Å²) in [5, 5.41) is 0.979. The molecule has 2 aromatic rings. The average Bonchev–Trinajstić information content (AvgIpc) is 2.77. The molecule has 0 amide bonds. The molecule has 0 N–H and O–H groups in total. The number of hydrogen-bond acceptors (Lipinski definition) is 2. The number of aldehydes is 1. The zero-order valence-electron chi connectivity index (χ0n) is 10.9. The minimum atomic E-state index is 0.731. The number of carbonyl (C=O) groups excluding carboxylic acids is 1. The fourth-order valence-electron chi connectivity index (χ4n) is 1.78. The number of benzene rings is 1. The van der Waals surface area contributed by atoms with E-state index in [0.29, 0.717) is 0 Å². The Morgan fingerprint density at radius 2 is 2.06 bits per heavy atom. The predicted octanol–water partition coefficient (Wildman–Crippen LogP) is 3.51. The van der Waals surface area contributed by atoms with Crippen LogP contribution in [-0.4, -0.2) is 18.0 Å². The minimum Gasteiger partial charge on any atom is -0.497 e. The van der Waals surface area contributed by atoms with Crippen molar-refractivity contribution >= 4 is 17.2 Å². The number of aromatic nitrogens is 1. The number of nitrogens with zero attached hydrogens (tertiary/aromatic N) is 1. The summed E-state index contributed by atoms with van der Waals surface area (Å²) in [5.74, 6) is 0.813.